The molecule has 1 aromatic heterocycles. The molecule has 1 aromatic carbocycles. The van der Waals surface area contributed by atoms with Gasteiger partial charge in [-0.15, -0.1) is 0 Å². The smallest absolute Gasteiger partial charge is 0.227 e. The van der Waals surface area contributed by atoms with Crippen LogP contribution < -0.4 is 10.1 Å². The van der Waals surface area contributed by atoms with Crippen LogP contribution in [0.15, 0.2) is 47.1 Å². The molecule has 1 fully saturated rings. The zero-order valence-corrected chi connectivity index (χ0v) is 16.5. The highest BCUT2D eigenvalue weighted by Gasteiger charge is 2.29. The number of likely N-dealkylation sites (tertiary alicyclic amines) is 1. The quantitative estimate of drug-likeness (QED) is 0.764. The lowest BCUT2D eigenvalue weighted by atomic mass is 9.87. The summed E-state index contributed by atoms with van der Waals surface area (Å²) in [6.07, 6.45) is 4.10. The molecule has 27 heavy (non-hydrogen) atoms. The average Bonchev–Trinajstić information content (AvgIpc) is 3.37. The van der Waals surface area contributed by atoms with E-state index >= 15 is 0 Å². The monoisotopic (exact) mass is 370 g/mol. The van der Waals surface area contributed by atoms with Crippen LogP contribution in [-0.2, 0) is 4.79 Å². The maximum atomic E-state index is 13.0. The van der Waals surface area contributed by atoms with E-state index < -0.39 is 0 Å². The van der Waals surface area contributed by atoms with Crippen molar-refractivity contribution in [3.05, 3.63) is 54.0 Å². The van der Waals surface area contributed by atoms with Gasteiger partial charge >= 0.3 is 0 Å². The van der Waals surface area contributed by atoms with E-state index in [-0.39, 0.29) is 23.8 Å². The summed E-state index contributed by atoms with van der Waals surface area (Å²) in [6, 6.07) is 11.8. The number of benzene rings is 1. The Balaban J connectivity index is 1.70. The van der Waals surface area contributed by atoms with Crippen molar-refractivity contribution in [2.24, 2.45) is 5.92 Å². The molecule has 1 amide bonds. The minimum Gasteiger partial charge on any atom is -0.497 e. The minimum atomic E-state index is -0.188. The van der Waals surface area contributed by atoms with Crippen LogP contribution in [0.5, 0.6) is 5.75 Å². The molecule has 1 N–H and O–H groups in total. The molecule has 0 spiro atoms. The Labute approximate surface area is 161 Å². The van der Waals surface area contributed by atoms with Crippen molar-refractivity contribution >= 4 is 5.91 Å². The molecule has 1 aliphatic rings. The third-order valence-electron chi connectivity index (χ3n) is 5.35. The molecular weight excluding hydrogens is 340 g/mol. The largest absolute Gasteiger partial charge is 0.497 e. The highest BCUT2D eigenvalue weighted by Crippen LogP contribution is 2.28. The number of nitrogens with one attached hydrogen (secondary N) is 1. The van der Waals surface area contributed by atoms with Gasteiger partial charge in [0.2, 0.25) is 5.91 Å². The predicted molar refractivity (Wildman–Crippen MR) is 106 cm³/mol. The molecule has 1 saturated heterocycles. The van der Waals surface area contributed by atoms with Gasteiger partial charge < -0.3 is 14.5 Å². The lowest BCUT2D eigenvalue weighted by Crippen LogP contribution is -2.39. The van der Waals surface area contributed by atoms with E-state index in [0.29, 0.717) is 6.54 Å². The van der Waals surface area contributed by atoms with Crippen molar-refractivity contribution in [2.75, 3.05) is 26.7 Å². The first-order valence-electron chi connectivity index (χ1n) is 9.79. The van der Waals surface area contributed by atoms with Gasteiger partial charge in [-0.1, -0.05) is 26.0 Å². The van der Waals surface area contributed by atoms with Gasteiger partial charge in [0, 0.05) is 6.54 Å². The molecule has 2 aromatic rings. The molecule has 5 heteroatoms. The van der Waals surface area contributed by atoms with E-state index in [0.717, 1.165) is 30.2 Å². The number of rotatable bonds is 8. The van der Waals surface area contributed by atoms with Gasteiger partial charge in [-0.3, -0.25) is 9.69 Å². The number of methoxy groups -OCH3 is 1. The van der Waals surface area contributed by atoms with E-state index in [4.69, 9.17) is 9.15 Å². The molecule has 2 unspecified atom stereocenters. The predicted octanol–water partition coefficient (Wildman–Crippen LogP) is 3.98. The summed E-state index contributed by atoms with van der Waals surface area (Å²) in [7, 11) is 1.65. The Kier molecular flexibility index (Phi) is 6.56. The summed E-state index contributed by atoms with van der Waals surface area (Å²) in [5, 5.41) is 3.18. The van der Waals surface area contributed by atoms with Crippen LogP contribution in [0.4, 0.5) is 0 Å². The number of carbonyl (C=O) groups is 1. The first kappa shape index (κ1) is 19.5. The summed E-state index contributed by atoms with van der Waals surface area (Å²) in [4.78, 5) is 15.4. The Bertz CT molecular complexity index is 704. The molecule has 3 rings (SSSR count). The third kappa shape index (κ3) is 4.72. The van der Waals surface area contributed by atoms with Crippen LogP contribution in [0, 0.1) is 5.92 Å². The average molecular weight is 370 g/mol. The van der Waals surface area contributed by atoms with Crippen molar-refractivity contribution < 1.29 is 13.9 Å². The fraction of sp³-hybridized carbons (Fsp3) is 0.500. The number of carbonyl (C=O) groups excluding carboxylic acids is 1. The van der Waals surface area contributed by atoms with E-state index in [1.807, 2.05) is 36.4 Å². The molecule has 2 heterocycles. The second-order valence-electron chi connectivity index (χ2n) is 7.51. The number of ether oxygens (including phenoxy) is 1. The summed E-state index contributed by atoms with van der Waals surface area (Å²) in [5.41, 5.74) is 1.01. The van der Waals surface area contributed by atoms with Crippen LogP contribution in [0.1, 0.15) is 50.0 Å². The van der Waals surface area contributed by atoms with Crippen LogP contribution in [0.25, 0.3) is 0 Å². The Hall–Kier alpha value is -2.27. The number of nitrogens with zero attached hydrogens (tertiary/aromatic N) is 1. The maximum Gasteiger partial charge on any atom is 0.227 e. The molecule has 2 atom stereocenters. The van der Waals surface area contributed by atoms with Gasteiger partial charge in [0.15, 0.2) is 0 Å². The van der Waals surface area contributed by atoms with Gasteiger partial charge in [0.25, 0.3) is 0 Å². The standard InChI is InChI=1S/C22H30N2O3/c1-16(2)21(17-8-10-18(26-3)11-9-17)22(25)23-15-19(20-7-6-14-27-20)24-12-4-5-13-24/h6-11,14,16,19,21H,4-5,12-13,15H2,1-3H3,(H,23,25). The second kappa shape index (κ2) is 9.09. The molecule has 5 nitrogen and oxygen atoms in total. The zero-order valence-electron chi connectivity index (χ0n) is 16.5. The number of amides is 1. The van der Waals surface area contributed by atoms with Crippen LogP contribution in [-0.4, -0.2) is 37.6 Å². The molecule has 0 aliphatic carbocycles. The normalized spacial score (nSPS) is 17.0. The molecule has 0 radical (unpaired) electrons. The number of hydrogen-bond donors (Lipinski definition) is 1. The van der Waals surface area contributed by atoms with Gasteiger partial charge in [-0.2, -0.15) is 0 Å². The lowest BCUT2D eigenvalue weighted by Gasteiger charge is -2.28. The number of furan rings is 1. The topological polar surface area (TPSA) is 54.7 Å². The lowest BCUT2D eigenvalue weighted by molar-refractivity contribution is -0.123. The van der Waals surface area contributed by atoms with Gasteiger partial charge in [-0.05, 0) is 61.7 Å². The molecule has 1 aliphatic heterocycles. The van der Waals surface area contributed by atoms with Gasteiger partial charge in [0.1, 0.15) is 11.5 Å². The van der Waals surface area contributed by atoms with E-state index in [9.17, 15) is 4.79 Å². The zero-order chi connectivity index (χ0) is 19.2. The van der Waals surface area contributed by atoms with Crippen molar-refractivity contribution in [1.29, 1.82) is 0 Å². The molecule has 0 bridgehead atoms. The summed E-state index contributed by atoms with van der Waals surface area (Å²) < 4.78 is 10.9. The van der Waals surface area contributed by atoms with Crippen molar-refractivity contribution in [1.82, 2.24) is 10.2 Å². The highest BCUT2D eigenvalue weighted by atomic mass is 16.5. The molecule has 146 valence electrons. The number of hydrogen-bond acceptors (Lipinski definition) is 4. The summed E-state index contributed by atoms with van der Waals surface area (Å²) >= 11 is 0. The Morgan fingerprint density at radius 2 is 1.89 bits per heavy atom. The maximum absolute atomic E-state index is 13.0. The van der Waals surface area contributed by atoms with E-state index in [2.05, 4.69) is 24.1 Å². The second-order valence-corrected chi connectivity index (χ2v) is 7.51. The Morgan fingerprint density at radius 1 is 1.19 bits per heavy atom. The van der Waals surface area contributed by atoms with Crippen LogP contribution >= 0.6 is 0 Å². The third-order valence-corrected chi connectivity index (χ3v) is 5.35. The van der Waals surface area contributed by atoms with Gasteiger partial charge in [-0.25, -0.2) is 0 Å². The molecular formula is C22H30N2O3. The van der Waals surface area contributed by atoms with Crippen molar-refractivity contribution in [2.45, 2.75) is 38.6 Å². The summed E-state index contributed by atoms with van der Waals surface area (Å²) in [5.74, 6) is 1.79. The van der Waals surface area contributed by atoms with Crippen molar-refractivity contribution in [3.8, 4) is 5.75 Å². The first-order valence-corrected chi connectivity index (χ1v) is 9.79. The van der Waals surface area contributed by atoms with Gasteiger partial charge in [0.05, 0.1) is 25.3 Å². The molecule has 0 saturated carbocycles. The highest BCUT2D eigenvalue weighted by molar-refractivity contribution is 5.84. The summed E-state index contributed by atoms with van der Waals surface area (Å²) in [6.45, 7) is 6.82. The minimum absolute atomic E-state index is 0.0610. The van der Waals surface area contributed by atoms with Crippen LogP contribution in [0.2, 0.25) is 0 Å². The SMILES string of the molecule is COc1ccc(C(C(=O)NCC(c2ccco2)N2CCCC2)C(C)C)cc1. The van der Waals surface area contributed by atoms with Crippen molar-refractivity contribution in [3.63, 3.8) is 0 Å². The fourth-order valence-corrected chi connectivity index (χ4v) is 3.90. The van der Waals surface area contributed by atoms with E-state index in [1.165, 1.54) is 12.8 Å². The Morgan fingerprint density at radius 3 is 2.44 bits per heavy atom. The van der Waals surface area contributed by atoms with Crippen LogP contribution in [0.3, 0.4) is 0 Å². The van der Waals surface area contributed by atoms with E-state index in [1.54, 1.807) is 13.4 Å². The fourth-order valence-electron chi connectivity index (χ4n) is 3.90. The first-order chi connectivity index (χ1) is 13.1.